The van der Waals surface area contributed by atoms with Crippen molar-refractivity contribution in [1.29, 1.82) is 0 Å². The molecule has 2 heterocycles. The molecule has 112 valence electrons. The lowest BCUT2D eigenvalue weighted by molar-refractivity contribution is -0.129. The Morgan fingerprint density at radius 2 is 2.14 bits per heavy atom. The molecule has 0 aliphatic rings. The molecule has 0 saturated heterocycles. The third kappa shape index (κ3) is 3.14. The smallest absolute Gasteiger partial charge is 0.228 e. The second-order valence-electron chi connectivity index (χ2n) is 5.25. The second kappa shape index (κ2) is 5.97. The normalized spacial score (nSPS) is 10.8. The summed E-state index contributed by atoms with van der Waals surface area (Å²) in [4.78, 5) is 18.3. The minimum absolute atomic E-state index is 0.0485. The zero-order chi connectivity index (χ0) is 15.5. The SMILES string of the molecule is CN(Cc1cccc(F)c1)C(=O)Cc1cn2ccccc2n1. The number of likely N-dealkylation sites (N-methyl/N-ethyl adjacent to an activating group) is 1. The number of benzene rings is 1. The van der Waals surface area contributed by atoms with Crippen molar-refractivity contribution in [2.75, 3.05) is 7.05 Å². The summed E-state index contributed by atoms with van der Waals surface area (Å²) in [5.41, 5.74) is 2.31. The van der Waals surface area contributed by atoms with Crippen molar-refractivity contribution < 1.29 is 9.18 Å². The number of imidazole rings is 1. The summed E-state index contributed by atoms with van der Waals surface area (Å²) in [6.45, 7) is 0.379. The van der Waals surface area contributed by atoms with Gasteiger partial charge in [-0.05, 0) is 29.8 Å². The Hall–Kier alpha value is -2.69. The first-order valence-corrected chi connectivity index (χ1v) is 7.03. The average molecular weight is 297 g/mol. The van der Waals surface area contributed by atoms with Crippen LogP contribution in [0, 0.1) is 5.82 Å². The Morgan fingerprint density at radius 3 is 2.91 bits per heavy atom. The summed E-state index contributed by atoms with van der Waals surface area (Å²) in [5.74, 6) is -0.341. The molecule has 22 heavy (non-hydrogen) atoms. The highest BCUT2D eigenvalue weighted by atomic mass is 19.1. The standard InChI is InChI=1S/C17H16FN3O/c1-20(11-13-5-4-6-14(18)9-13)17(22)10-15-12-21-8-3-2-7-16(21)19-15/h2-9,12H,10-11H2,1H3. The molecule has 3 aromatic rings. The molecular weight excluding hydrogens is 281 g/mol. The first-order chi connectivity index (χ1) is 10.6. The van der Waals surface area contributed by atoms with Crippen LogP contribution in [0.4, 0.5) is 4.39 Å². The van der Waals surface area contributed by atoms with Crippen LogP contribution in [0.15, 0.2) is 54.9 Å². The van der Waals surface area contributed by atoms with E-state index in [9.17, 15) is 9.18 Å². The van der Waals surface area contributed by atoms with Crippen LogP contribution in [-0.4, -0.2) is 27.2 Å². The van der Waals surface area contributed by atoms with Gasteiger partial charge in [-0.15, -0.1) is 0 Å². The molecule has 0 fully saturated rings. The number of fused-ring (bicyclic) bond motifs is 1. The number of hydrogen-bond acceptors (Lipinski definition) is 2. The molecule has 0 aliphatic heterocycles. The van der Waals surface area contributed by atoms with E-state index in [1.165, 1.54) is 12.1 Å². The Labute approximate surface area is 127 Å². The molecule has 0 radical (unpaired) electrons. The molecule has 4 nitrogen and oxygen atoms in total. The Balaban J connectivity index is 1.68. The molecular formula is C17H16FN3O. The van der Waals surface area contributed by atoms with Gasteiger partial charge in [0.25, 0.3) is 0 Å². The molecule has 0 aliphatic carbocycles. The van der Waals surface area contributed by atoms with Gasteiger partial charge >= 0.3 is 0 Å². The summed E-state index contributed by atoms with van der Waals surface area (Å²) in [7, 11) is 1.71. The van der Waals surface area contributed by atoms with Crippen molar-refractivity contribution in [2.24, 2.45) is 0 Å². The topological polar surface area (TPSA) is 37.6 Å². The molecule has 0 unspecified atom stereocenters. The van der Waals surface area contributed by atoms with Gasteiger partial charge in [0.1, 0.15) is 11.5 Å². The Kier molecular flexibility index (Phi) is 3.87. The number of pyridine rings is 1. The van der Waals surface area contributed by atoms with Gasteiger partial charge in [-0.1, -0.05) is 18.2 Å². The molecule has 0 atom stereocenters. The monoisotopic (exact) mass is 297 g/mol. The minimum atomic E-state index is -0.293. The van der Waals surface area contributed by atoms with E-state index in [-0.39, 0.29) is 18.1 Å². The lowest BCUT2D eigenvalue weighted by Gasteiger charge is -2.16. The quantitative estimate of drug-likeness (QED) is 0.742. The fourth-order valence-electron chi connectivity index (χ4n) is 2.36. The van der Waals surface area contributed by atoms with E-state index in [1.807, 2.05) is 35.0 Å². The highest BCUT2D eigenvalue weighted by Crippen LogP contribution is 2.09. The second-order valence-corrected chi connectivity index (χ2v) is 5.25. The summed E-state index contributed by atoms with van der Waals surface area (Å²) in [6, 6.07) is 12.0. The van der Waals surface area contributed by atoms with E-state index in [1.54, 1.807) is 24.1 Å². The van der Waals surface area contributed by atoms with Crippen LogP contribution in [0.5, 0.6) is 0 Å². The first kappa shape index (κ1) is 14.3. The molecule has 2 aromatic heterocycles. The van der Waals surface area contributed by atoms with E-state index in [4.69, 9.17) is 0 Å². The van der Waals surface area contributed by atoms with Gasteiger partial charge in [-0.25, -0.2) is 9.37 Å². The fourth-order valence-corrected chi connectivity index (χ4v) is 2.36. The molecule has 3 rings (SSSR count). The minimum Gasteiger partial charge on any atom is -0.341 e. The average Bonchev–Trinajstić information content (AvgIpc) is 2.89. The number of halogens is 1. The van der Waals surface area contributed by atoms with Crippen LogP contribution in [0.2, 0.25) is 0 Å². The third-order valence-electron chi connectivity index (χ3n) is 3.48. The van der Waals surface area contributed by atoms with E-state index in [0.29, 0.717) is 6.54 Å². The van der Waals surface area contributed by atoms with E-state index in [0.717, 1.165) is 16.9 Å². The van der Waals surface area contributed by atoms with Gasteiger partial charge in [0, 0.05) is 26.0 Å². The van der Waals surface area contributed by atoms with Crippen molar-refractivity contribution >= 4 is 11.6 Å². The van der Waals surface area contributed by atoms with Gasteiger partial charge in [-0.2, -0.15) is 0 Å². The molecule has 5 heteroatoms. The Bertz CT molecular complexity index is 779. The van der Waals surface area contributed by atoms with Gasteiger partial charge in [0.2, 0.25) is 5.91 Å². The van der Waals surface area contributed by atoms with E-state index < -0.39 is 0 Å². The predicted molar refractivity (Wildman–Crippen MR) is 81.8 cm³/mol. The molecule has 0 spiro atoms. The molecule has 0 N–H and O–H groups in total. The maximum absolute atomic E-state index is 13.2. The van der Waals surface area contributed by atoms with E-state index >= 15 is 0 Å². The number of amides is 1. The molecule has 0 saturated carbocycles. The summed E-state index contributed by atoms with van der Waals surface area (Å²) in [6.07, 6.45) is 3.98. The third-order valence-corrected chi connectivity index (χ3v) is 3.48. The summed E-state index contributed by atoms with van der Waals surface area (Å²) in [5, 5.41) is 0. The number of carbonyl (C=O) groups is 1. The number of carbonyl (C=O) groups excluding carboxylic acids is 1. The van der Waals surface area contributed by atoms with Crippen LogP contribution in [0.25, 0.3) is 5.65 Å². The van der Waals surface area contributed by atoms with Crippen molar-refractivity contribution in [2.45, 2.75) is 13.0 Å². The van der Waals surface area contributed by atoms with Gasteiger partial charge in [0.15, 0.2) is 0 Å². The zero-order valence-electron chi connectivity index (χ0n) is 12.2. The fraction of sp³-hybridized carbons (Fsp3) is 0.176. The maximum atomic E-state index is 13.2. The van der Waals surface area contributed by atoms with Crippen molar-refractivity contribution in [3.8, 4) is 0 Å². The van der Waals surface area contributed by atoms with Crippen LogP contribution >= 0.6 is 0 Å². The van der Waals surface area contributed by atoms with E-state index in [2.05, 4.69) is 4.98 Å². The predicted octanol–water partition coefficient (Wildman–Crippen LogP) is 2.67. The number of nitrogens with zero attached hydrogens (tertiary/aromatic N) is 3. The molecule has 1 amide bonds. The largest absolute Gasteiger partial charge is 0.341 e. The Morgan fingerprint density at radius 1 is 1.27 bits per heavy atom. The number of aromatic nitrogens is 2. The summed E-state index contributed by atoms with van der Waals surface area (Å²) < 4.78 is 15.1. The van der Waals surface area contributed by atoms with Crippen molar-refractivity contribution in [3.63, 3.8) is 0 Å². The maximum Gasteiger partial charge on any atom is 0.228 e. The van der Waals surface area contributed by atoms with Crippen LogP contribution in [0.3, 0.4) is 0 Å². The lowest BCUT2D eigenvalue weighted by atomic mass is 10.2. The highest BCUT2D eigenvalue weighted by Gasteiger charge is 2.12. The lowest BCUT2D eigenvalue weighted by Crippen LogP contribution is -2.27. The number of rotatable bonds is 4. The zero-order valence-corrected chi connectivity index (χ0v) is 12.2. The highest BCUT2D eigenvalue weighted by molar-refractivity contribution is 5.78. The van der Waals surface area contributed by atoms with Crippen LogP contribution in [0.1, 0.15) is 11.3 Å². The van der Waals surface area contributed by atoms with Crippen LogP contribution in [-0.2, 0) is 17.8 Å². The number of hydrogen-bond donors (Lipinski definition) is 0. The molecule has 0 bridgehead atoms. The first-order valence-electron chi connectivity index (χ1n) is 7.03. The van der Waals surface area contributed by atoms with Gasteiger partial charge in [-0.3, -0.25) is 4.79 Å². The molecule has 1 aromatic carbocycles. The van der Waals surface area contributed by atoms with Crippen molar-refractivity contribution in [3.05, 3.63) is 71.9 Å². The van der Waals surface area contributed by atoms with Gasteiger partial charge < -0.3 is 9.30 Å². The van der Waals surface area contributed by atoms with Crippen LogP contribution < -0.4 is 0 Å². The van der Waals surface area contributed by atoms with Crippen molar-refractivity contribution in [1.82, 2.24) is 14.3 Å². The summed E-state index contributed by atoms with van der Waals surface area (Å²) >= 11 is 0. The van der Waals surface area contributed by atoms with Gasteiger partial charge in [0.05, 0.1) is 12.1 Å².